The summed E-state index contributed by atoms with van der Waals surface area (Å²) in [5.74, 6) is 0. The first-order chi connectivity index (χ1) is 9.85. The highest BCUT2D eigenvalue weighted by Crippen LogP contribution is 2.22. The molecule has 0 spiro atoms. The smallest absolute Gasteiger partial charge is 0.0702 e. The molecule has 0 saturated heterocycles. The van der Waals surface area contributed by atoms with Gasteiger partial charge >= 0.3 is 0 Å². The van der Waals surface area contributed by atoms with Crippen molar-refractivity contribution in [1.29, 1.82) is 0 Å². The number of benzene rings is 1. The van der Waals surface area contributed by atoms with Gasteiger partial charge in [-0.1, -0.05) is 19.1 Å². The maximum Gasteiger partial charge on any atom is 0.0702 e. The van der Waals surface area contributed by atoms with Crippen LogP contribution in [-0.4, -0.2) is 25.2 Å². The van der Waals surface area contributed by atoms with Gasteiger partial charge in [0.1, 0.15) is 0 Å². The van der Waals surface area contributed by atoms with Crippen LogP contribution in [0.2, 0.25) is 0 Å². The molecule has 0 bridgehead atoms. The van der Waals surface area contributed by atoms with Crippen molar-refractivity contribution in [1.82, 2.24) is 10.3 Å². The van der Waals surface area contributed by atoms with E-state index in [9.17, 15) is 0 Å². The summed E-state index contributed by atoms with van der Waals surface area (Å²) in [4.78, 5) is 4.38. The minimum atomic E-state index is 0.398. The summed E-state index contributed by atoms with van der Waals surface area (Å²) in [5, 5.41) is 4.84. The maximum atomic E-state index is 5.17. The number of aromatic nitrogens is 1. The number of pyridine rings is 1. The van der Waals surface area contributed by atoms with E-state index in [0.29, 0.717) is 6.04 Å². The Kier molecular flexibility index (Phi) is 5.96. The Morgan fingerprint density at radius 2 is 2.20 bits per heavy atom. The molecule has 0 fully saturated rings. The lowest BCUT2D eigenvalue weighted by atomic mass is 10.00. The molecule has 2 aromatic rings. The second-order valence-corrected chi connectivity index (χ2v) is 5.10. The number of hydrogen-bond acceptors (Lipinski definition) is 3. The molecule has 1 aromatic carbocycles. The van der Waals surface area contributed by atoms with Crippen LogP contribution < -0.4 is 5.32 Å². The Hall–Kier alpha value is -1.45. The van der Waals surface area contributed by atoms with E-state index in [-0.39, 0.29) is 0 Å². The largest absolute Gasteiger partial charge is 0.385 e. The van der Waals surface area contributed by atoms with Crippen LogP contribution in [0.1, 0.15) is 37.8 Å². The average Bonchev–Trinajstić information content (AvgIpc) is 2.50. The van der Waals surface area contributed by atoms with Gasteiger partial charge in [0.05, 0.1) is 5.52 Å². The molecule has 1 N–H and O–H groups in total. The summed E-state index contributed by atoms with van der Waals surface area (Å²) in [6.45, 7) is 4.06. The number of nitrogens with one attached hydrogen (secondary N) is 1. The van der Waals surface area contributed by atoms with E-state index >= 15 is 0 Å². The summed E-state index contributed by atoms with van der Waals surface area (Å²) >= 11 is 0. The third kappa shape index (κ3) is 4.02. The molecule has 3 nitrogen and oxygen atoms in total. The van der Waals surface area contributed by atoms with Crippen molar-refractivity contribution in [2.45, 2.75) is 32.2 Å². The van der Waals surface area contributed by atoms with Crippen molar-refractivity contribution in [2.24, 2.45) is 0 Å². The van der Waals surface area contributed by atoms with Gasteiger partial charge < -0.3 is 10.1 Å². The molecular weight excluding hydrogens is 248 g/mol. The molecule has 1 aromatic heterocycles. The van der Waals surface area contributed by atoms with Crippen LogP contribution in [0.5, 0.6) is 0 Å². The monoisotopic (exact) mass is 272 g/mol. The normalized spacial score (nSPS) is 12.7. The molecule has 0 aliphatic carbocycles. The fourth-order valence-corrected chi connectivity index (χ4v) is 2.45. The predicted octanol–water partition coefficient (Wildman–Crippen LogP) is 3.70. The number of rotatable bonds is 8. The Morgan fingerprint density at radius 3 is 3.00 bits per heavy atom. The molecule has 0 saturated carbocycles. The second-order valence-electron chi connectivity index (χ2n) is 5.10. The van der Waals surface area contributed by atoms with Gasteiger partial charge in [0.25, 0.3) is 0 Å². The molecule has 0 amide bonds. The highest BCUT2D eigenvalue weighted by Gasteiger charge is 2.11. The number of hydrogen-bond donors (Lipinski definition) is 1. The van der Waals surface area contributed by atoms with E-state index < -0.39 is 0 Å². The average molecular weight is 272 g/mol. The first-order valence-corrected chi connectivity index (χ1v) is 7.42. The van der Waals surface area contributed by atoms with Gasteiger partial charge in [0.15, 0.2) is 0 Å². The molecule has 0 radical (unpaired) electrons. The molecule has 1 unspecified atom stereocenters. The summed E-state index contributed by atoms with van der Waals surface area (Å²) in [7, 11) is 1.76. The van der Waals surface area contributed by atoms with Crippen LogP contribution in [-0.2, 0) is 4.74 Å². The third-order valence-corrected chi connectivity index (χ3v) is 3.51. The fourth-order valence-electron chi connectivity index (χ4n) is 2.45. The molecule has 108 valence electrons. The van der Waals surface area contributed by atoms with Crippen molar-refractivity contribution in [3.63, 3.8) is 0 Å². The van der Waals surface area contributed by atoms with Crippen molar-refractivity contribution in [3.05, 3.63) is 42.1 Å². The van der Waals surface area contributed by atoms with Gasteiger partial charge in [0.2, 0.25) is 0 Å². The van der Waals surface area contributed by atoms with Gasteiger partial charge in [-0.05, 0) is 49.6 Å². The SMILES string of the molecule is CCCNC(CCCOC)c1ccc2ncccc2c1. The van der Waals surface area contributed by atoms with E-state index in [1.54, 1.807) is 7.11 Å². The number of ether oxygens (including phenoxy) is 1. The van der Waals surface area contributed by atoms with Gasteiger partial charge in [0, 0.05) is 31.3 Å². The first kappa shape index (κ1) is 14.9. The zero-order valence-corrected chi connectivity index (χ0v) is 12.4. The zero-order chi connectivity index (χ0) is 14.2. The maximum absolute atomic E-state index is 5.17. The van der Waals surface area contributed by atoms with Crippen LogP contribution >= 0.6 is 0 Å². The third-order valence-electron chi connectivity index (χ3n) is 3.51. The van der Waals surface area contributed by atoms with Crippen LogP contribution in [0.3, 0.4) is 0 Å². The standard InChI is InChI=1S/C17H24N2O/c1-3-10-18-16(7-5-12-20-2)15-8-9-17-14(13-15)6-4-11-19-17/h4,6,8-9,11,13,16,18H,3,5,7,10,12H2,1-2H3. The molecule has 0 aliphatic heterocycles. The van der Waals surface area contributed by atoms with E-state index in [1.807, 2.05) is 12.3 Å². The van der Waals surface area contributed by atoms with Crippen LogP contribution in [0, 0.1) is 0 Å². The van der Waals surface area contributed by atoms with Crippen LogP contribution in [0.25, 0.3) is 10.9 Å². The van der Waals surface area contributed by atoms with Gasteiger partial charge in [-0.15, -0.1) is 0 Å². The molecule has 1 atom stereocenters. The van der Waals surface area contributed by atoms with E-state index in [1.165, 1.54) is 10.9 Å². The molecule has 2 rings (SSSR count). The van der Waals surface area contributed by atoms with Crippen LogP contribution in [0.15, 0.2) is 36.5 Å². The quantitative estimate of drug-likeness (QED) is 0.744. The lowest BCUT2D eigenvalue weighted by Crippen LogP contribution is -2.22. The highest BCUT2D eigenvalue weighted by molar-refractivity contribution is 5.79. The van der Waals surface area contributed by atoms with Gasteiger partial charge in [-0.2, -0.15) is 0 Å². The topological polar surface area (TPSA) is 34.1 Å². The number of methoxy groups -OCH3 is 1. The summed E-state index contributed by atoms with van der Waals surface area (Å²) < 4.78 is 5.17. The predicted molar refractivity (Wildman–Crippen MR) is 83.9 cm³/mol. The summed E-state index contributed by atoms with van der Waals surface area (Å²) in [5.41, 5.74) is 2.40. The molecule has 0 aliphatic rings. The Bertz CT molecular complexity index is 527. The Morgan fingerprint density at radius 1 is 1.30 bits per heavy atom. The second kappa shape index (κ2) is 7.98. The molecule has 3 heteroatoms. The van der Waals surface area contributed by atoms with E-state index in [2.05, 4.69) is 41.5 Å². The summed E-state index contributed by atoms with van der Waals surface area (Å²) in [6, 6.07) is 11.1. The van der Waals surface area contributed by atoms with Gasteiger partial charge in [-0.25, -0.2) is 0 Å². The molecule has 1 heterocycles. The molecule has 20 heavy (non-hydrogen) atoms. The van der Waals surface area contributed by atoms with Crippen LogP contribution in [0.4, 0.5) is 0 Å². The number of nitrogens with zero attached hydrogens (tertiary/aromatic N) is 1. The minimum absolute atomic E-state index is 0.398. The minimum Gasteiger partial charge on any atom is -0.385 e. The van der Waals surface area contributed by atoms with Gasteiger partial charge in [-0.3, -0.25) is 4.98 Å². The fraction of sp³-hybridized carbons (Fsp3) is 0.471. The number of fused-ring (bicyclic) bond motifs is 1. The van der Waals surface area contributed by atoms with E-state index in [4.69, 9.17) is 4.74 Å². The van der Waals surface area contributed by atoms with Crippen molar-refractivity contribution in [2.75, 3.05) is 20.3 Å². The lowest BCUT2D eigenvalue weighted by molar-refractivity contribution is 0.188. The molecular formula is C17H24N2O. The Balaban J connectivity index is 2.15. The lowest BCUT2D eigenvalue weighted by Gasteiger charge is -2.19. The van der Waals surface area contributed by atoms with E-state index in [0.717, 1.165) is 37.9 Å². The Labute approximate surface area is 121 Å². The first-order valence-electron chi connectivity index (χ1n) is 7.42. The van der Waals surface area contributed by atoms with Crippen molar-refractivity contribution >= 4 is 10.9 Å². The highest BCUT2D eigenvalue weighted by atomic mass is 16.5. The zero-order valence-electron chi connectivity index (χ0n) is 12.4. The summed E-state index contributed by atoms with van der Waals surface area (Å²) in [6.07, 6.45) is 5.16. The van der Waals surface area contributed by atoms with Crippen molar-refractivity contribution < 1.29 is 4.74 Å². The van der Waals surface area contributed by atoms with Crippen molar-refractivity contribution in [3.8, 4) is 0 Å².